The summed E-state index contributed by atoms with van der Waals surface area (Å²) in [6.45, 7) is 1.87. The van der Waals surface area contributed by atoms with Gasteiger partial charge in [-0.05, 0) is 19.8 Å². The van der Waals surface area contributed by atoms with E-state index in [2.05, 4.69) is 10.2 Å². The monoisotopic (exact) mass is 153 g/mol. The van der Waals surface area contributed by atoms with E-state index in [9.17, 15) is 5.11 Å². The number of fused-ring (bicyclic) bond motifs is 1. The van der Waals surface area contributed by atoms with Gasteiger partial charge in [0.1, 0.15) is 17.9 Å². The molecule has 2 heterocycles. The Labute approximate surface area is 64.9 Å². The molecule has 0 spiro atoms. The highest BCUT2D eigenvalue weighted by Gasteiger charge is 2.20. The van der Waals surface area contributed by atoms with Crippen LogP contribution in [0.4, 0.5) is 0 Å². The van der Waals surface area contributed by atoms with Gasteiger partial charge in [-0.1, -0.05) is 0 Å². The van der Waals surface area contributed by atoms with Gasteiger partial charge < -0.3 is 5.11 Å². The number of aliphatic hydroxyl groups excluding tert-OH is 1. The quantitative estimate of drug-likeness (QED) is 0.587. The normalized spacial score (nSPS) is 23.3. The fraction of sp³-hybridized carbons (Fsp3) is 0.714. The Bertz CT molecular complexity index is 269. The lowest BCUT2D eigenvalue weighted by Gasteiger charge is -2.20. The highest BCUT2D eigenvalue weighted by molar-refractivity contribution is 4.98. The van der Waals surface area contributed by atoms with E-state index >= 15 is 0 Å². The number of aromatic nitrogens is 3. The minimum absolute atomic E-state index is 0.395. The maximum Gasteiger partial charge on any atom is 0.135 e. The van der Waals surface area contributed by atoms with Crippen LogP contribution in [0.5, 0.6) is 0 Å². The molecule has 60 valence electrons. The molecule has 0 fully saturated rings. The lowest BCUT2D eigenvalue weighted by molar-refractivity contribution is 0.0758. The molecule has 0 amide bonds. The van der Waals surface area contributed by atoms with Gasteiger partial charge in [-0.15, -0.1) is 10.2 Å². The Morgan fingerprint density at radius 1 is 1.55 bits per heavy atom. The highest BCUT2D eigenvalue weighted by Crippen LogP contribution is 2.21. The number of hydrogen-bond donors (Lipinski definition) is 1. The first kappa shape index (κ1) is 6.79. The Morgan fingerprint density at radius 2 is 2.36 bits per heavy atom. The fourth-order valence-corrected chi connectivity index (χ4v) is 1.54. The van der Waals surface area contributed by atoms with E-state index in [0.29, 0.717) is 0 Å². The predicted octanol–water partition coefficient (Wildman–Crippen LogP) is 0.414. The van der Waals surface area contributed by atoms with Crippen LogP contribution in [0.3, 0.4) is 0 Å². The standard InChI is InChI=1S/C7H11N3O/c1-5-8-9-6-3-2-4-7(11)10(5)6/h7,11H,2-4H2,1H3. The minimum Gasteiger partial charge on any atom is -0.373 e. The second-order valence-electron chi connectivity index (χ2n) is 2.91. The molecule has 1 atom stereocenters. The summed E-state index contributed by atoms with van der Waals surface area (Å²) < 4.78 is 1.81. The van der Waals surface area contributed by atoms with E-state index in [0.717, 1.165) is 30.9 Å². The molecule has 0 saturated carbocycles. The summed E-state index contributed by atoms with van der Waals surface area (Å²) in [5.74, 6) is 1.73. The van der Waals surface area contributed by atoms with Crippen molar-refractivity contribution in [2.45, 2.75) is 32.4 Å². The molecule has 1 aromatic heterocycles. The van der Waals surface area contributed by atoms with Crippen molar-refractivity contribution in [1.82, 2.24) is 14.8 Å². The largest absolute Gasteiger partial charge is 0.373 e. The van der Waals surface area contributed by atoms with E-state index in [1.807, 2.05) is 11.5 Å². The molecular weight excluding hydrogens is 142 g/mol. The van der Waals surface area contributed by atoms with Crippen molar-refractivity contribution in [3.8, 4) is 0 Å². The first-order valence-corrected chi connectivity index (χ1v) is 3.87. The molecule has 0 bridgehead atoms. The number of aryl methyl sites for hydroxylation is 2. The maximum absolute atomic E-state index is 9.51. The van der Waals surface area contributed by atoms with Crippen LogP contribution in [0.25, 0.3) is 0 Å². The number of nitrogens with zero attached hydrogens (tertiary/aromatic N) is 3. The van der Waals surface area contributed by atoms with E-state index < -0.39 is 6.23 Å². The van der Waals surface area contributed by atoms with Crippen LogP contribution in [-0.2, 0) is 6.42 Å². The van der Waals surface area contributed by atoms with Crippen molar-refractivity contribution in [2.75, 3.05) is 0 Å². The first-order chi connectivity index (χ1) is 5.29. The number of aliphatic hydroxyl groups is 1. The van der Waals surface area contributed by atoms with E-state index in [1.165, 1.54) is 0 Å². The molecule has 11 heavy (non-hydrogen) atoms. The zero-order chi connectivity index (χ0) is 7.84. The van der Waals surface area contributed by atoms with Crippen molar-refractivity contribution in [3.05, 3.63) is 11.6 Å². The Hall–Kier alpha value is -0.900. The fourth-order valence-electron chi connectivity index (χ4n) is 1.54. The molecule has 1 unspecified atom stereocenters. The van der Waals surface area contributed by atoms with Crippen molar-refractivity contribution < 1.29 is 5.11 Å². The number of hydrogen-bond acceptors (Lipinski definition) is 3. The van der Waals surface area contributed by atoms with Crippen LogP contribution in [0.15, 0.2) is 0 Å². The van der Waals surface area contributed by atoms with Gasteiger partial charge >= 0.3 is 0 Å². The van der Waals surface area contributed by atoms with Gasteiger partial charge in [0.05, 0.1) is 0 Å². The molecule has 1 aromatic rings. The van der Waals surface area contributed by atoms with Crippen LogP contribution < -0.4 is 0 Å². The molecule has 1 N–H and O–H groups in total. The van der Waals surface area contributed by atoms with Crippen LogP contribution in [0.1, 0.15) is 30.7 Å². The third kappa shape index (κ3) is 0.939. The van der Waals surface area contributed by atoms with Crippen molar-refractivity contribution >= 4 is 0 Å². The van der Waals surface area contributed by atoms with E-state index in [4.69, 9.17) is 0 Å². The molecule has 0 radical (unpaired) electrons. The lowest BCUT2D eigenvalue weighted by atomic mass is 10.1. The van der Waals surface area contributed by atoms with E-state index in [-0.39, 0.29) is 0 Å². The zero-order valence-corrected chi connectivity index (χ0v) is 6.49. The van der Waals surface area contributed by atoms with Crippen LogP contribution in [0, 0.1) is 6.92 Å². The first-order valence-electron chi connectivity index (χ1n) is 3.87. The Morgan fingerprint density at radius 3 is 3.09 bits per heavy atom. The van der Waals surface area contributed by atoms with Crippen molar-refractivity contribution in [3.63, 3.8) is 0 Å². The van der Waals surface area contributed by atoms with E-state index in [1.54, 1.807) is 0 Å². The average Bonchev–Trinajstić information content (AvgIpc) is 2.34. The summed E-state index contributed by atoms with van der Waals surface area (Å²) in [6, 6.07) is 0. The molecule has 1 aliphatic rings. The molecule has 0 saturated heterocycles. The van der Waals surface area contributed by atoms with Gasteiger partial charge in [-0.3, -0.25) is 4.57 Å². The predicted molar refractivity (Wildman–Crippen MR) is 39.0 cm³/mol. The second kappa shape index (κ2) is 2.30. The molecule has 0 aliphatic carbocycles. The molecule has 4 heteroatoms. The van der Waals surface area contributed by atoms with Gasteiger partial charge in [-0.25, -0.2) is 0 Å². The summed E-state index contributed by atoms with van der Waals surface area (Å²) in [6.07, 6.45) is 2.39. The van der Waals surface area contributed by atoms with Gasteiger partial charge in [0, 0.05) is 6.42 Å². The topological polar surface area (TPSA) is 50.9 Å². The van der Waals surface area contributed by atoms with Gasteiger partial charge in [-0.2, -0.15) is 0 Å². The second-order valence-corrected chi connectivity index (χ2v) is 2.91. The van der Waals surface area contributed by atoms with Gasteiger partial charge in [0.25, 0.3) is 0 Å². The lowest BCUT2D eigenvalue weighted by Crippen LogP contribution is -2.18. The summed E-state index contributed by atoms with van der Waals surface area (Å²) in [5, 5.41) is 17.4. The summed E-state index contributed by atoms with van der Waals surface area (Å²) in [4.78, 5) is 0. The van der Waals surface area contributed by atoms with Crippen LogP contribution >= 0.6 is 0 Å². The third-order valence-electron chi connectivity index (χ3n) is 2.10. The smallest absolute Gasteiger partial charge is 0.135 e. The van der Waals surface area contributed by atoms with Crippen molar-refractivity contribution in [1.29, 1.82) is 0 Å². The number of rotatable bonds is 0. The van der Waals surface area contributed by atoms with Crippen LogP contribution in [0.2, 0.25) is 0 Å². The van der Waals surface area contributed by atoms with Gasteiger partial charge in [0.2, 0.25) is 0 Å². The summed E-state index contributed by atoms with van der Waals surface area (Å²) >= 11 is 0. The molecule has 2 rings (SSSR count). The Kier molecular flexibility index (Phi) is 1.42. The molecule has 0 aromatic carbocycles. The molecular formula is C7H11N3O. The molecule has 1 aliphatic heterocycles. The average molecular weight is 153 g/mol. The van der Waals surface area contributed by atoms with Crippen molar-refractivity contribution in [2.24, 2.45) is 0 Å². The Balaban J connectivity index is 2.48. The summed E-state index contributed by atoms with van der Waals surface area (Å²) in [7, 11) is 0. The molecule has 4 nitrogen and oxygen atoms in total. The third-order valence-corrected chi connectivity index (χ3v) is 2.10. The SMILES string of the molecule is Cc1nnc2n1C(O)CCC2. The maximum atomic E-state index is 9.51. The van der Waals surface area contributed by atoms with Gasteiger partial charge in [0.15, 0.2) is 0 Å². The minimum atomic E-state index is -0.395. The summed E-state index contributed by atoms with van der Waals surface area (Å²) in [5.41, 5.74) is 0. The highest BCUT2D eigenvalue weighted by atomic mass is 16.3. The zero-order valence-electron chi connectivity index (χ0n) is 6.49. The van der Waals surface area contributed by atoms with Crippen LogP contribution in [-0.4, -0.2) is 19.9 Å².